The van der Waals surface area contributed by atoms with Crippen molar-refractivity contribution >= 4 is 17.5 Å². The highest BCUT2D eigenvalue weighted by Crippen LogP contribution is 2.33. The molecule has 1 fully saturated rings. The van der Waals surface area contributed by atoms with E-state index in [1.54, 1.807) is 36.3 Å². The molecule has 0 bridgehead atoms. The molecular weight excluding hydrogens is 360 g/mol. The fourth-order valence-corrected chi connectivity index (χ4v) is 3.50. The monoisotopic (exact) mass is 382 g/mol. The second kappa shape index (κ2) is 7.80. The van der Waals surface area contributed by atoms with E-state index in [2.05, 4.69) is 5.32 Å². The molecule has 7 nitrogen and oxygen atoms in total. The van der Waals surface area contributed by atoms with E-state index in [-0.39, 0.29) is 24.5 Å². The minimum Gasteiger partial charge on any atom is -0.497 e. The number of nitrogens with zero attached hydrogens (tertiary/aromatic N) is 1. The highest BCUT2D eigenvalue weighted by Gasteiger charge is 2.28. The Morgan fingerprint density at radius 2 is 1.86 bits per heavy atom. The molecule has 0 radical (unpaired) electrons. The molecule has 28 heavy (non-hydrogen) atoms. The number of benzene rings is 2. The Balaban J connectivity index is 1.33. The van der Waals surface area contributed by atoms with Crippen molar-refractivity contribution in [2.45, 2.75) is 12.8 Å². The molecule has 0 aromatic heterocycles. The van der Waals surface area contributed by atoms with Gasteiger partial charge in [0.25, 0.3) is 5.91 Å². The average molecular weight is 382 g/mol. The summed E-state index contributed by atoms with van der Waals surface area (Å²) in [5.41, 5.74) is 1.28. The molecule has 2 aliphatic heterocycles. The quantitative estimate of drug-likeness (QED) is 0.880. The van der Waals surface area contributed by atoms with Gasteiger partial charge in [0, 0.05) is 36.3 Å². The number of fused-ring (bicyclic) bond motifs is 1. The number of likely N-dealkylation sites (tertiary alicyclic amines) is 1. The summed E-state index contributed by atoms with van der Waals surface area (Å²) in [4.78, 5) is 27.1. The molecule has 0 saturated carbocycles. The highest BCUT2D eigenvalue weighted by atomic mass is 16.7. The molecule has 2 aromatic rings. The van der Waals surface area contributed by atoms with Gasteiger partial charge in [0.1, 0.15) is 5.75 Å². The van der Waals surface area contributed by atoms with Crippen molar-refractivity contribution in [1.82, 2.24) is 4.90 Å². The maximum absolute atomic E-state index is 12.8. The molecule has 0 aliphatic carbocycles. The largest absolute Gasteiger partial charge is 0.497 e. The van der Waals surface area contributed by atoms with Crippen molar-refractivity contribution in [3.63, 3.8) is 0 Å². The molecule has 4 rings (SSSR count). The van der Waals surface area contributed by atoms with E-state index in [0.717, 1.165) is 0 Å². The molecule has 0 unspecified atom stereocenters. The number of hydrogen-bond donors (Lipinski definition) is 1. The van der Waals surface area contributed by atoms with Crippen molar-refractivity contribution in [2.75, 3.05) is 32.3 Å². The first-order chi connectivity index (χ1) is 13.6. The molecule has 1 saturated heterocycles. The van der Waals surface area contributed by atoms with E-state index >= 15 is 0 Å². The van der Waals surface area contributed by atoms with Crippen LogP contribution in [0.4, 0.5) is 5.69 Å². The van der Waals surface area contributed by atoms with Crippen molar-refractivity contribution in [3.05, 3.63) is 48.0 Å². The van der Waals surface area contributed by atoms with E-state index < -0.39 is 0 Å². The fourth-order valence-electron chi connectivity index (χ4n) is 3.50. The van der Waals surface area contributed by atoms with Gasteiger partial charge in [-0.25, -0.2) is 0 Å². The predicted octanol–water partition coefficient (Wildman–Crippen LogP) is 2.91. The van der Waals surface area contributed by atoms with E-state index in [1.165, 1.54) is 0 Å². The highest BCUT2D eigenvalue weighted by molar-refractivity contribution is 5.96. The van der Waals surface area contributed by atoms with Crippen LogP contribution in [-0.4, -0.2) is 43.7 Å². The Labute approximate surface area is 163 Å². The number of piperidine rings is 1. The third kappa shape index (κ3) is 3.74. The molecule has 146 valence electrons. The summed E-state index contributed by atoms with van der Waals surface area (Å²) in [5.74, 6) is 1.75. The standard InChI is InChI=1S/C21H22N2O5/c1-26-17-4-2-3-16(12-17)22-20(24)14-7-9-23(10-8-14)21(25)15-5-6-18-19(11-15)28-13-27-18/h2-6,11-12,14H,7-10,13H2,1H3,(H,22,24). The zero-order valence-electron chi connectivity index (χ0n) is 15.6. The van der Waals surface area contributed by atoms with Gasteiger partial charge in [-0.15, -0.1) is 0 Å². The maximum atomic E-state index is 12.8. The molecule has 0 atom stereocenters. The van der Waals surface area contributed by atoms with Crippen LogP contribution in [0.2, 0.25) is 0 Å². The first kappa shape index (κ1) is 18.2. The van der Waals surface area contributed by atoms with Gasteiger partial charge in [0.05, 0.1) is 7.11 Å². The second-order valence-corrected chi connectivity index (χ2v) is 6.86. The topological polar surface area (TPSA) is 77.1 Å². The molecule has 1 N–H and O–H groups in total. The summed E-state index contributed by atoms with van der Waals surface area (Å²) >= 11 is 0. The number of hydrogen-bond acceptors (Lipinski definition) is 5. The van der Waals surface area contributed by atoms with Gasteiger partial charge >= 0.3 is 0 Å². The lowest BCUT2D eigenvalue weighted by molar-refractivity contribution is -0.121. The smallest absolute Gasteiger partial charge is 0.253 e. The number of ether oxygens (including phenoxy) is 3. The summed E-state index contributed by atoms with van der Waals surface area (Å²) in [6.45, 7) is 1.27. The summed E-state index contributed by atoms with van der Waals surface area (Å²) in [5, 5.41) is 2.94. The van der Waals surface area contributed by atoms with Crippen molar-refractivity contribution in [3.8, 4) is 17.2 Å². The molecular formula is C21H22N2O5. The number of carbonyl (C=O) groups excluding carboxylic acids is 2. The van der Waals surface area contributed by atoms with Gasteiger partial charge in [0.15, 0.2) is 11.5 Å². The normalized spacial score (nSPS) is 16.0. The van der Waals surface area contributed by atoms with Crippen LogP contribution in [0.15, 0.2) is 42.5 Å². The Bertz CT molecular complexity index is 890. The predicted molar refractivity (Wildman–Crippen MR) is 103 cm³/mol. The SMILES string of the molecule is COc1cccc(NC(=O)C2CCN(C(=O)c3ccc4c(c3)OCO4)CC2)c1. The van der Waals surface area contributed by atoms with E-state index in [9.17, 15) is 9.59 Å². The van der Waals surface area contributed by atoms with Crippen LogP contribution in [0.25, 0.3) is 0 Å². The molecule has 2 aliphatic rings. The van der Waals surface area contributed by atoms with Crippen LogP contribution in [0.1, 0.15) is 23.2 Å². The lowest BCUT2D eigenvalue weighted by atomic mass is 9.95. The Morgan fingerprint density at radius 3 is 2.64 bits per heavy atom. The number of nitrogens with one attached hydrogen (secondary N) is 1. The minimum absolute atomic E-state index is 0.0246. The maximum Gasteiger partial charge on any atom is 0.253 e. The number of amides is 2. The third-order valence-electron chi connectivity index (χ3n) is 5.11. The van der Waals surface area contributed by atoms with Gasteiger partial charge in [-0.05, 0) is 43.2 Å². The van der Waals surface area contributed by atoms with E-state index in [1.807, 2.05) is 18.2 Å². The van der Waals surface area contributed by atoms with Gasteiger partial charge in [-0.1, -0.05) is 6.07 Å². The fraction of sp³-hybridized carbons (Fsp3) is 0.333. The van der Waals surface area contributed by atoms with E-state index in [0.29, 0.717) is 54.4 Å². The third-order valence-corrected chi connectivity index (χ3v) is 5.11. The molecule has 2 heterocycles. The van der Waals surface area contributed by atoms with Crippen LogP contribution >= 0.6 is 0 Å². The molecule has 2 aromatic carbocycles. The summed E-state index contributed by atoms with van der Waals surface area (Å²) in [6, 6.07) is 12.5. The van der Waals surface area contributed by atoms with Crippen LogP contribution in [0.3, 0.4) is 0 Å². The average Bonchev–Trinajstić information content (AvgIpc) is 3.21. The Kier molecular flexibility index (Phi) is 5.06. The van der Waals surface area contributed by atoms with Crippen LogP contribution < -0.4 is 19.5 Å². The molecule has 2 amide bonds. The first-order valence-corrected chi connectivity index (χ1v) is 9.28. The van der Waals surface area contributed by atoms with Crippen molar-refractivity contribution in [1.29, 1.82) is 0 Å². The zero-order valence-corrected chi connectivity index (χ0v) is 15.6. The lowest BCUT2D eigenvalue weighted by Gasteiger charge is -2.31. The van der Waals surface area contributed by atoms with Crippen LogP contribution in [0.5, 0.6) is 17.2 Å². The van der Waals surface area contributed by atoms with Gasteiger partial charge < -0.3 is 24.4 Å². The number of carbonyl (C=O) groups is 2. The summed E-state index contributed by atoms with van der Waals surface area (Å²) in [7, 11) is 1.59. The van der Waals surface area contributed by atoms with Gasteiger partial charge in [0.2, 0.25) is 12.7 Å². The minimum atomic E-state index is -0.119. The number of anilines is 1. The summed E-state index contributed by atoms with van der Waals surface area (Å²) in [6.07, 6.45) is 1.26. The van der Waals surface area contributed by atoms with Crippen molar-refractivity contribution < 1.29 is 23.8 Å². The number of methoxy groups -OCH3 is 1. The molecule has 7 heteroatoms. The molecule has 0 spiro atoms. The van der Waals surface area contributed by atoms with Crippen LogP contribution in [-0.2, 0) is 4.79 Å². The Hall–Kier alpha value is -3.22. The van der Waals surface area contributed by atoms with E-state index in [4.69, 9.17) is 14.2 Å². The zero-order chi connectivity index (χ0) is 19.5. The Morgan fingerprint density at radius 1 is 1.07 bits per heavy atom. The lowest BCUT2D eigenvalue weighted by Crippen LogP contribution is -2.41. The first-order valence-electron chi connectivity index (χ1n) is 9.28. The van der Waals surface area contributed by atoms with Crippen LogP contribution in [0, 0.1) is 5.92 Å². The number of rotatable bonds is 4. The summed E-state index contributed by atoms with van der Waals surface area (Å²) < 4.78 is 15.8. The van der Waals surface area contributed by atoms with Gasteiger partial charge in [-0.3, -0.25) is 9.59 Å². The van der Waals surface area contributed by atoms with Gasteiger partial charge in [-0.2, -0.15) is 0 Å². The second-order valence-electron chi connectivity index (χ2n) is 6.86. The van der Waals surface area contributed by atoms with Crippen molar-refractivity contribution in [2.24, 2.45) is 5.92 Å².